The third-order valence-corrected chi connectivity index (χ3v) is 4.93. The van der Waals surface area contributed by atoms with Gasteiger partial charge >= 0.3 is 0 Å². The number of nitrogens with one attached hydrogen (secondary N) is 2. The molecule has 0 fully saturated rings. The van der Waals surface area contributed by atoms with E-state index in [0.717, 1.165) is 0 Å². The molecule has 0 bridgehead atoms. The average Bonchev–Trinajstić information content (AvgIpc) is 3.06. The Labute approximate surface area is 144 Å². The van der Waals surface area contributed by atoms with Crippen LogP contribution < -0.4 is 10.0 Å². The number of sulfonamides is 1. The normalized spacial score (nSPS) is 12.3. The molecule has 0 saturated carbocycles. The molecule has 2 aromatic carbocycles. The molecule has 7 nitrogen and oxygen atoms in total. The minimum atomic E-state index is -3.48. The molecular formula is C17H15N3O4S. The number of nitrogens with zero attached hydrogens (tertiary/aromatic N) is 1. The lowest BCUT2D eigenvalue weighted by molar-refractivity contribution is -0.103. The molecule has 25 heavy (non-hydrogen) atoms. The van der Waals surface area contributed by atoms with E-state index >= 15 is 0 Å². The summed E-state index contributed by atoms with van der Waals surface area (Å²) in [6.45, 7) is 0. The van der Waals surface area contributed by atoms with Crippen LogP contribution in [0.4, 0.5) is 5.69 Å². The lowest BCUT2D eigenvalue weighted by Gasteiger charge is -2.05. The first kappa shape index (κ1) is 16.9. The Morgan fingerprint density at radius 2 is 1.84 bits per heavy atom. The van der Waals surface area contributed by atoms with Crippen LogP contribution in [0.3, 0.4) is 0 Å². The molecule has 0 spiro atoms. The molecule has 3 rings (SSSR count). The first-order chi connectivity index (χ1) is 12.0. The minimum absolute atomic E-state index is 0.152. The fourth-order valence-corrected chi connectivity index (χ4v) is 2.88. The Bertz CT molecular complexity index is 1000. The van der Waals surface area contributed by atoms with Gasteiger partial charge in [0.25, 0.3) is 0 Å². The van der Waals surface area contributed by atoms with Crippen molar-refractivity contribution >= 4 is 38.7 Å². The number of para-hydroxylation sites is 2. The zero-order valence-corrected chi connectivity index (χ0v) is 14.1. The number of benzene rings is 2. The molecule has 1 aromatic heterocycles. The summed E-state index contributed by atoms with van der Waals surface area (Å²) in [5.74, 6) is 0.207. The molecule has 0 aliphatic carbocycles. The van der Waals surface area contributed by atoms with Gasteiger partial charge < -0.3 is 9.73 Å². The first-order valence-electron chi connectivity index (χ1n) is 7.35. The zero-order chi connectivity index (χ0) is 17.9. The highest BCUT2D eigenvalue weighted by molar-refractivity contribution is 7.89. The van der Waals surface area contributed by atoms with Gasteiger partial charge in [-0.15, -0.1) is 0 Å². The average molecular weight is 357 g/mol. The van der Waals surface area contributed by atoms with E-state index in [1.807, 2.05) is 12.1 Å². The highest BCUT2D eigenvalue weighted by atomic mass is 32.2. The maximum Gasteiger partial charge on any atom is 0.240 e. The summed E-state index contributed by atoms with van der Waals surface area (Å²) >= 11 is 0. The minimum Gasteiger partial charge on any atom is -0.436 e. The zero-order valence-electron chi connectivity index (χ0n) is 13.3. The standard InChI is InChI=1S/C17H15N3O4S/c1-18-25(22,23)14-8-6-13(7-9-14)19-10-12(11-21)17-20-15-4-2-3-5-16(15)24-17/h2-11,18-19H,1H3/b12-10+. The van der Waals surface area contributed by atoms with Crippen molar-refractivity contribution in [2.24, 2.45) is 0 Å². The number of aromatic nitrogens is 1. The molecule has 0 radical (unpaired) electrons. The van der Waals surface area contributed by atoms with Gasteiger partial charge in [-0.1, -0.05) is 12.1 Å². The number of oxazole rings is 1. The van der Waals surface area contributed by atoms with E-state index in [0.29, 0.717) is 23.1 Å². The number of allylic oxidation sites excluding steroid dienone is 1. The van der Waals surface area contributed by atoms with E-state index in [4.69, 9.17) is 4.42 Å². The summed E-state index contributed by atoms with van der Waals surface area (Å²) in [7, 11) is -2.13. The third kappa shape index (κ3) is 3.59. The van der Waals surface area contributed by atoms with Gasteiger partial charge in [-0.2, -0.15) is 0 Å². The second-order valence-corrected chi connectivity index (χ2v) is 6.97. The van der Waals surface area contributed by atoms with Crippen LogP contribution in [0.2, 0.25) is 0 Å². The topological polar surface area (TPSA) is 101 Å². The van der Waals surface area contributed by atoms with Crippen LogP contribution in [0.15, 0.2) is 64.0 Å². The molecule has 0 saturated heterocycles. The number of aldehydes is 1. The lowest BCUT2D eigenvalue weighted by Crippen LogP contribution is -2.18. The van der Waals surface area contributed by atoms with Gasteiger partial charge in [-0.05, 0) is 43.4 Å². The van der Waals surface area contributed by atoms with Crippen LogP contribution in [0, 0.1) is 0 Å². The highest BCUT2D eigenvalue weighted by Crippen LogP contribution is 2.20. The van der Waals surface area contributed by atoms with E-state index < -0.39 is 10.0 Å². The van der Waals surface area contributed by atoms with Gasteiger partial charge in [-0.3, -0.25) is 4.79 Å². The summed E-state index contributed by atoms with van der Waals surface area (Å²) in [6, 6.07) is 13.3. The number of carbonyl (C=O) groups excluding carboxylic acids is 1. The van der Waals surface area contributed by atoms with Crippen molar-refractivity contribution in [1.29, 1.82) is 0 Å². The number of carbonyl (C=O) groups is 1. The van der Waals surface area contributed by atoms with Gasteiger partial charge in [0.1, 0.15) is 5.52 Å². The second kappa shape index (κ2) is 6.88. The van der Waals surface area contributed by atoms with E-state index in [1.165, 1.54) is 25.4 Å². The Balaban J connectivity index is 1.82. The van der Waals surface area contributed by atoms with Gasteiger partial charge in [-0.25, -0.2) is 18.1 Å². The van der Waals surface area contributed by atoms with Crippen LogP contribution in [-0.2, 0) is 14.8 Å². The van der Waals surface area contributed by atoms with Crippen molar-refractivity contribution in [1.82, 2.24) is 9.71 Å². The second-order valence-electron chi connectivity index (χ2n) is 5.08. The SMILES string of the molecule is CNS(=O)(=O)c1ccc(N/C=C(\C=O)c2nc3ccccc3o2)cc1. The molecule has 128 valence electrons. The van der Waals surface area contributed by atoms with Gasteiger partial charge in [0.15, 0.2) is 11.9 Å². The Morgan fingerprint density at radius 1 is 1.12 bits per heavy atom. The molecule has 0 unspecified atom stereocenters. The number of fused-ring (bicyclic) bond motifs is 1. The summed E-state index contributed by atoms with van der Waals surface area (Å²) in [6.07, 6.45) is 2.09. The number of rotatable bonds is 6. The largest absolute Gasteiger partial charge is 0.436 e. The van der Waals surface area contributed by atoms with Crippen molar-refractivity contribution < 1.29 is 17.6 Å². The van der Waals surface area contributed by atoms with Crippen molar-refractivity contribution in [2.45, 2.75) is 4.90 Å². The molecule has 0 amide bonds. The molecular weight excluding hydrogens is 342 g/mol. The van der Waals surface area contributed by atoms with Crippen LogP contribution in [0.1, 0.15) is 5.89 Å². The molecule has 0 aliphatic heterocycles. The van der Waals surface area contributed by atoms with Crippen LogP contribution in [-0.4, -0.2) is 26.7 Å². The predicted octanol–water partition coefficient (Wildman–Crippen LogP) is 2.39. The summed E-state index contributed by atoms with van der Waals surface area (Å²) < 4.78 is 31.2. The van der Waals surface area contributed by atoms with Crippen molar-refractivity contribution in [2.75, 3.05) is 12.4 Å². The van der Waals surface area contributed by atoms with Crippen molar-refractivity contribution in [3.05, 3.63) is 60.6 Å². The molecule has 8 heteroatoms. The fraction of sp³-hybridized carbons (Fsp3) is 0.0588. The molecule has 3 aromatic rings. The van der Waals surface area contributed by atoms with E-state index in [-0.39, 0.29) is 16.4 Å². The molecule has 1 heterocycles. The number of hydrogen-bond donors (Lipinski definition) is 2. The van der Waals surface area contributed by atoms with Crippen molar-refractivity contribution in [3.8, 4) is 0 Å². The summed E-state index contributed by atoms with van der Waals surface area (Å²) in [5.41, 5.74) is 2.10. The maximum absolute atomic E-state index is 11.7. The number of anilines is 1. The van der Waals surface area contributed by atoms with Crippen LogP contribution in [0.5, 0.6) is 0 Å². The summed E-state index contributed by atoms with van der Waals surface area (Å²) in [4.78, 5) is 15.7. The Hall–Kier alpha value is -2.97. The molecule has 2 N–H and O–H groups in total. The first-order valence-corrected chi connectivity index (χ1v) is 8.83. The predicted molar refractivity (Wildman–Crippen MR) is 94.4 cm³/mol. The quantitative estimate of drug-likeness (QED) is 0.519. The van der Waals surface area contributed by atoms with Crippen LogP contribution in [0.25, 0.3) is 16.7 Å². The smallest absolute Gasteiger partial charge is 0.240 e. The Kier molecular flexibility index (Phi) is 4.64. The summed E-state index contributed by atoms with van der Waals surface area (Å²) in [5, 5.41) is 2.93. The highest BCUT2D eigenvalue weighted by Gasteiger charge is 2.11. The Morgan fingerprint density at radius 3 is 2.48 bits per heavy atom. The fourth-order valence-electron chi connectivity index (χ4n) is 2.15. The van der Waals surface area contributed by atoms with Gasteiger partial charge in [0.05, 0.1) is 10.5 Å². The monoisotopic (exact) mass is 357 g/mol. The molecule has 0 atom stereocenters. The van der Waals surface area contributed by atoms with Gasteiger partial charge in [0, 0.05) is 11.9 Å². The maximum atomic E-state index is 11.7. The van der Waals surface area contributed by atoms with E-state index in [2.05, 4.69) is 15.0 Å². The number of hydrogen-bond acceptors (Lipinski definition) is 6. The molecule has 0 aliphatic rings. The third-order valence-electron chi connectivity index (χ3n) is 3.50. The van der Waals surface area contributed by atoms with Crippen LogP contribution >= 0.6 is 0 Å². The van der Waals surface area contributed by atoms with E-state index in [1.54, 1.807) is 24.3 Å². The van der Waals surface area contributed by atoms with E-state index in [9.17, 15) is 13.2 Å². The van der Waals surface area contributed by atoms with Crippen molar-refractivity contribution in [3.63, 3.8) is 0 Å². The lowest BCUT2D eigenvalue weighted by atomic mass is 10.3. The van der Waals surface area contributed by atoms with Gasteiger partial charge in [0.2, 0.25) is 15.9 Å².